The highest BCUT2D eigenvalue weighted by Gasteiger charge is 2.17. The molecule has 0 radical (unpaired) electrons. The van der Waals surface area contributed by atoms with Gasteiger partial charge >= 0.3 is 10.1 Å². The third-order valence-corrected chi connectivity index (χ3v) is 5.13. The highest BCUT2D eigenvalue weighted by Crippen LogP contribution is 2.23. The molecule has 0 fully saturated rings. The molecule has 3 aromatic rings. The van der Waals surface area contributed by atoms with Crippen LogP contribution in [-0.4, -0.2) is 14.6 Å². The van der Waals surface area contributed by atoms with Crippen LogP contribution in [0.25, 0.3) is 0 Å². The number of rotatable bonds is 5. The molecule has 0 aliphatic carbocycles. The molecule has 132 valence electrons. The summed E-state index contributed by atoms with van der Waals surface area (Å²) in [5.41, 5.74) is 3.43. The van der Waals surface area contributed by atoms with Crippen LogP contribution >= 0.6 is 0 Å². The van der Waals surface area contributed by atoms with E-state index >= 15 is 0 Å². The first-order valence-corrected chi connectivity index (χ1v) is 9.56. The third kappa shape index (κ3) is 4.18. The Morgan fingerprint density at radius 2 is 1.50 bits per heavy atom. The zero-order valence-electron chi connectivity index (χ0n) is 14.6. The lowest BCUT2D eigenvalue weighted by Crippen LogP contribution is -2.10. The topological polar surface area (TPSA) is 55.7 Å². The SMILES string of the molecule is Cc1ccc(S(=O)(=O)Oc2ccccc2C=Nc2ccccc2C)cc1. The molecule has 0 atom stereocenters. The summed E-state index contributed by atoms with van der Waals surface area (Å²) in [5, 5.41) is 0. The number of nitrogens with zero attached hydrogens (tertiary/aromatic N) is 1. The Bertz CT molecular complexity index is 1040. The van der Waals surface area contributed by atoms with Crippen LogP contribution in [0.1, 0.15) is 16.7 Å². The summed E-state index contributed by atoms with van der Waals surface area (Å²) < 4.78 is 30.4. The molecule has 4 nitrogen and oxygen atoms in total. The van der Waals surface area contributed by atoms with Gasteiger partial charge in [0.05, 0.1) is 5.69 Å². The van der Waals surface area contributed by atoms with E-state index in [1.165, 1.54) is 12.1 Å². The average Bonchev–Trinajstić information content (AvgIpc) is 2.62. The molecule has 5 heteroatoms. The maximum atomic E-state index is 12.5. The maximum absolute atomic E-state index is 12.5. The second-order valence-corrected chi connectivity index (χ2v) is 7.48. The van der Waals surface area contributed by atoms with Gasteiger partial charge in [0, 0.05) is 11.8 Å². The summed E-state index contributed by atoms with van der Waals surface area (Å²) in [6, 6.07) is 21.2. The summed E-state index contributed by atoms with van der Waals surface area (Å²) in [6.07, 6.45) is 1.61. The maximum Gasteiger partial charge on any atom is 0.339 e. The van der Waals surface area contributed by atoms with Crippen LogP contribution in [0.4, 0.5) is 5.69 Å². The van der Waals surface area contributed by atoms with E-state index in [9.17, 15) is 8.42 Å². The highest BCUT2D eigenvalue weighted by atomic mass is 32.2. The first kappa shape index (κ1) is 17.9. The molecule has 3 rings (SSSR count). The Morgan fingerprint density at radius 3 is 2.23 bits per heavy atom. The van der Waals surface area contributed by atoms with Crippen molar-refractivity contribution >= 4 is 22.0 Å². The number of hydrogen-bond acceptors (Lipinski definition) is 4. The fourth-order valence-electron chi connectivity index (χ4n) is 2.38. The zero-order chi connectivity index (χ0) is 18.6. The molecule has 26 heavy (non-hydrogen) atoms. The van der Waals surface area contributed by atoms with Crippen LogP contribution in [0.5, 0.6) is 5.75 Å². The molecule has 0 spiro atoms. The van der Waals surface area contributed by atoms with Crippen molar-refractivity contribution in [1.29, 1.82) is 0 Å². The van der Waals surface area contributed by atoms with Crippen molar-refractivity contribution in [1.82, 2.24) is 0 Å². The van der Waals surface area contributed by atoms with E-state index in [0.717, 1.165) is 16.8 Å². The lowest BCUT2D eigenvalue weighted by Gasteiger charge is -2.09. The summed E-state index contributed by atoms with van der Waals surface area (Å²) >= 11 is 0. The van der Waals surface area contributed by atoms with Crippen molar-refractivity contribution in [3.8, 4) is 5.75 Å². The number of aryl methyl sites for hydroxylation is 2. The molecule has 0 unspecified atom stereocenters. The van der Waals surface area contributed by atoms with Crippen molar-refractivity contribution in [2.75, 3.05) is 0 Å². The molecule has 0 heterocycles. The van der Waals surface area contributed by atoms with Gasteiger partial charge in [-0.1, -0.05) is 48.0 Å². The van der Waals surface area contributed by atoms with Gasteiger partial charge in [-0.2, -0.15) is 8.42 Å². The van der Waals surface area contributed by atoms with Gasteiger partial charge in [0.2, 0.25) is 0 Å². The summed E-state index contributed by atoms with van der Waals surface area (Å²) in [7, 11) is -3.91. The minimum atomic E-state index is -3.91. The van der Waals surface area contributed by atoms with Crippen LogP contribution in [-0.2, 0) is 10.1 Å². The van der Waals surface area contributed by atoms with E-state index < -0.39 is 10.1 Å². The lowest BCUT2D eigenvalue weighted by atomic mass is 10.2. The minimum absolute atomic E-state index is 0.119. The number of hydrogen-bond donors (Lipinski definition) is 0. The van der Waals surface area contributed by atoms with E-state index in [1.54, 1.807) is 36.5 Å². The molecule has 0 aliphatic heterocycles. The smallest absolute Gasteiger partial charge is 0.339 e. The van der Waals surface area contributed by atoms with Gasteiger partial charge in [-0.05, 0) is 49.7 Å². The first-order chi connectivity index (χ1) is 12.5. The normalized spacial score (nSPS) is 11.6. The first-order valence-electron chi connectivity index (χ1n) is 8.15. The molecular formula is C21H19NO3S. The van der Waals surface area contributed by atoms with E-state index in [1.807, 2.05) is 44.2 Å². The monoisotopic (exact) mass is 365 g/mol. The molecule has 0 N–H and O–H groups in total. The van der Waals surface area contributed by atoms with Crippen molar-refractivity contribution in [2.45, 2.75) is 18.7 Å². The number of aliphatic imine (C=N–C) groups is 1. The van der Waals surface area contributed by atoms with E-state index in [0.29, 0.717) is 5.56 Å². The van der Waals surface area contributed by atoms with E-state index in [4.69, 9.17) is 4.18 Å². The van der Waals surface area contributed by atoms with Gasteiger partial charge in [0.15, 0.2) is 5.75 Å². The second kappa shape index (κ2) is 7.54. The molecule has 0 saturated carbocycles. The van der Waals surface area contributed by atoms with Gasteiger partial charge in [-0.25, -0.2) is 0 Å². The predicted octanol–water partition coefficient (Wildman–Crippen LogP) is 4.82. The quantitative estimate of drug-likeness (QED) is 0.481. The van der Waals surface area contributed by atoms with Crippen LogP contribution in [0, 0.1) is 13.8 Å². The number of benzene rings is 3. The Kier molecular flexibility index (Phi) is 5.19. The van der Waals surface area contributed by atoms with Crippen LogP contribution in [0.15, 0.2) is 82.7 Å². The summed E-state index contributed by atoms with van der Waals surface area (Å²) in [5.74, 6) is 0.241. The standard InChI is InChI=1S/C21H19NO3S/c1-16-11-13-19(14-12-16)26(23,24)25-21-10-6-4-8-18(21)15-22-20-9-5-3-7-17(20)2/h3-15H,1-2H3. The lowest BCUT2D eigenvalue weighted by molar-refractivity contribution is 0.485. The van der Waals surface area contributed by atoms with Crippen molar-refractivity contribution in [3.63, 3.8) is 0 Å². The third-order valence-electron chi connectivity index (χ3n) is 3.89. The van der Waals surface area contributed by atoms with Gasteiger partial charge in [0.25, 0.3) is 0 Å². The Labute approximate surface area is 153 Å². The van der Waals surface area contributed by atoms with E-state index in [2.05, 4.69) is 4.99 Å². The van der Waals surface area contributed by atoms with E-state index in [-0.39, 0.29) is 10.6 Å². The van der Waals surface area contributed by atoms with Crippen LogP contribution in [0.2, 0.25) is 0 Å². The highest BCUT2D eigenvalue weighted by molar-refractivity contribution is 7.87. The molecular weight excluding hydrogens is 346 g/mol. The molecule has 0 bridgehead atoms. The van der Waals surface area contributed by atoms with Crippen molar-refractivity contribution < 1.29 is 12.6 Å². The second-order valence-electron chi connectivity index (χ2n) is 5.93. The molecule has 0 aliphatic rings. The Balaban J connectivity index is 1.90. The molecule has 0 amide bonds. The Hall–Kier alpha value is -2.92. The zero-order valence-corrected chi connectivity index (χ0v) is 15.4. The molecule has 0 aromatic heterocycles. The molecule has 0 saturated heterocycles. The Morgan fingerprint density at radius 1 is 0.846 bits per heavy atom. The largest absolute Gasteiger partial charge is 0.378 e. The van der Waals surface area contributed by atoms with Gasteiger partial charge in [-0.3, -0.25) is 4.99 Å². The minimum Gasteiger partial charge on any atom is -0.378 e. The van der Waals surface area contributed by atoms with Crippen molar-refractivity contribution in [2.24, 2.45) is 4.99 Å². The van der Waals surface area contributed by atoms with Gasteiger partial charge in [-0.15, -0.1) is 0 Å². The van der Waals surface area contributed by atoms with Gasteiger partial charge < -0.3 is 4.18 Å². The van der Waals surface area contributed by atoms with Crippen LogP contribution in [0.3, 0.4) is 0 Å². The summed E-state index contributed by atoms with van der Waals surface area (Å²) in [6.45, 7) is 3.87. The summed E-state index contributed by atoms with van der Waals surface area (Å²) in [4.78, 5) is 4.57. The predicted molar refractivity (Wildman–Crippen MR) is 104 cm³/mol. The number of para-hydroxylation sites is 2. The fourth-order valence-corrected chi connectivity index (χ4v) is 3.34. The van der Waals surface area contributed by atoms with Crippen molar-refractivity contribution in [3.05, 3.63) is 89.5 Å². The van der Waals surface area contributed by atoms with Gasteiger partial charge in [0.1, 0.15) is 4.90 Å². The fraction of sp³-hybridized carbons (Fsp3) is 0.0952. The molecule has 3 aromatic carbocycles. The average molecular weight is 365 g/mol. The van der Waals surface area contributed by atoms with Crippen LogP contribution < -0.4 is 4.18 Å².